The fourth-order valence-corrected chi connectivity index (χ4v) is 3.03. The molecule has 0 aromatic heterocycles. The summed E-state index contributed by atoms with van der Waals surface area (Å²) < 4.78 is 36.5. The monoisotopic (exact) mass is 265 g/mol. The van der Waals surface area contributed by atoms with Crippen molar-refractivity contribution >= 4 is 0 Å². The molecule has 0 aliphatic heterocycles. The minimum absolute atomic E-state index is 0.255. The Morgan fingerprint density at radius 1 is 1.06 bits per heavy atom. The van der Waals surface area contributed by atoms with Gasteiger partial charge in [0.25, 0.3) is 0 Å². The summed E-state index contributed by atoms with van der Waals surface area (Å²) in [6.45, 7) is 0. The molecule has 1 N–H and O–H groups in total. The molecule has 0 radical (unpaired) electrons. The summed E-state index contributed by atoms with van der Waals surface area (Å²) in [5.74, 6) is 0.573. The molecule has 1 fully saturated rings. The van der Waals surface area contributed by atoms with Crippen molar-refractivity contribution in [2.75, 3.05) is 7.05 Å². The lowest BCUT2D eigenvalue weighted by Crippen LogP contribution is -2.34. The maximum absolute atomic E-state index is 12.2. The summed E-state index contributed by atoms with van der Waals surface area (Å²) in [5.41, 5.74) is 0. The Bertz CT molecular complexity index is 208. The first-order valence-corrected chi connectivity index (χ1v) is 7.27. The van der Waals surface area contributed by atoms with Crippen molar-refractivity contribution in [3.05, 3.63) is 0 Å². The van der Waals surface area contributed by atoms with E-state index in [-0.39, 0.29) is 12.5 Å². The number of alkyl halides is 3. The standard InChI is InChI=1S/C14H26F3N/c1-18-13(10-7-11-14(15,16)17)12-8-5-3-2-4-6-9-12/h12-13,18H,2-11H2,1H3. The first-order chi connectivity index (χ1) is 8.53. The Morgan fingerprint density at radius 2 is 1.61 bits per heavy atom. The second kappa shape index (κ2) is 8.03. The highest BCUT2D eigenvalue weighted by atomic mass is 19.4. The molecule has 1 saturated carbocycles. The van der Waals surface area contributed by atoms with Crippen molar-refractivity contribution in [2.45, 2.75) is 76.4 Å². The van der Waals surface area contributed by atoms with E-state index >= 15 is 0 Å². The van der Waals surface area contributed by atoms with Gasteiger partial charge in [-0.3, -0.25) is 0 Å². The molecule has 1 aliphatic carbocycles. The van der Waals surface area contributed by atoms with Crippen LogP contribution in [0.2, 0.25) is 0 Å². The Hall–Kier alpha value is -0.250. The average Bonchev–Trinajstić information content (AvgIpc) is 2.23. The van der Waals surface area contributed by atoms with Crippen LogP contribution in [0.4, 0.5) is 13.2 Å². The molecule has 108 valence electrons. The summed E-state index contributed by atoms with van der Waals surface area (Å²) in [6.07, 6.45) is 5.00. The third-order valence-electron chi connectivity index (χ3n) is 4.07. The molecule has 0 heterocycles. The first-order valence-electron chi connectivity index (χ1n) is 7.27. The van der Waals surface area contributed by atoms with Gasteiger partial charge in [-0.1, -0.05) is 32.1 Å². The fraction of sp³-hybridized carbons (Fsp3) is 1.00. The van der Waals surface area contributed by atoms with E-state index in [1.807, 2.05) is 7.05 Å². The highest BCUT2D eigenvalue weighted by Crippen LogP contribution is 2.29. The lowest BCUT2D eigenvalue weighted by atomic mass is 9.84. The van der Waals surface area contributed by atoms with Gasteiger partial charge in [-0.2, -0.15) is 13.2 Å². The van der Waals surface area contributed by atoms with Gasteiger partial charge in [0.05, 0.1) is 0 Å². The Balaban J connectivity index is 2.33. The second-order valence-corrected chi connectivity index (χ2v) is 5.51. The lowest BCUT2D eigenvalue weighted by molar-refractivity contribution is -0.136. The van der Waals surface area contributed by atoms with Crippen LogP contribution in [0.1, 0.15) is 64.2 Å². The van der Waals surface area contributed by atoms with E-state index in [2.05, 4.69) is 5.32 Å². The van der Waals surface area contributed by atoms with Gasteiger partial charge in [0.1, 0.15) is 0 Å². The summed E-state index contributed by atoms with van der Waals surface area (Å²) in [5, 5.41) is 3.24. The fourth-order valence-electron chi connectivity index (χ4n) is 3.03. The highest BCUT2D eigenvalue weighted by molar-refractivity contribution is 4.77. The van der Waals surface area contributed by atoms with Gasteiger partial charge >= 0.3 is 6.18 Å². The van der Waals surface area contributed by atoms with E-state index in [0.717, 1.165) is 0 Å². The van der Waals surface area contributed by atoms with Crippen LogP contribution in [0.25, 0.3) is 0 Å². The Kier molecular flexibility index (Phi) is 7.05. The topological polar surface area (TPSA) is 12.0 Å². The van der Waals surface area contributed by atoms with Crippen LogP contribution in [0.5, 0.6) is 0 Å². The van der Waals surface area contributed by atoms with Gasteiger partial charge in [-0.05, 0) is 38.6 Å². The van der Waals surface area contributed by atoms with Gasteiger partial charge in [-0.25, -0.2) is 0 Å². The highest BCUT2D eigenvalue weighted by Gasteiger charge is 2.28. The summed E-state index contributed by atoms with van der Waals surface area (Å²) in [7, 11) is 1.89. The molecule has 0 bridgehead atoms. The SMILES string of the molecule is CNC(CCCC(F)(F)F)C1CCCCCCC1. The number of hydrogen-bond acceptors (Lipinski definition) is 1. The van der Waals surface area contributed by atoms with Gasteiger partial charge in [-0.15, -0.1) is 0 Å². The van der Waals surface area contributed by atoms with Gasteiger partial charge in [0, 0.05) is 12.5 Å². The number of nitrogens with one attached hydrogen (secondary N) is 1. The normalized spacial score (nSPS) is 21.3. The van der Waals surface area contributed by atoms with Crippen LogP contribution < -0.4 is 5.32 Å². The largest absolute Gasteiger partial charge is 0.389 e. The summed E-state index contributed by atoms with van der Waals surface area (Å²) in [4.78, 5) is 0. The van der Waals surface area contributed by atoms with E-state index in [9.17, 15) is 13.2 Å². The molecule has 0 aromatic carbocycles. The third kappa shape index (κ3) is 6.62. The summed E-state index contributed by atoms with van der Waals surface area (Å²) in [6, 6.07) is 0.269. The van der Waals surface area contributed by atoms with Gasteiger partial charge < -0.3 is 5.32 Å². The predicted octanol–water partition coefficient (Wildman–Crippen LogP) is 4.67. The molecule has 1 rings (SSSR count). The minimum atomic E-state index is -4.00. The number of hydrogen-bond donors (Lipinski definition) is 1. The summed E-state index contributed by atoms with van der Waals surface area (Å²) >= 11 is 0. The molecular weight excluding hydrogens is 239 g/mol. The zero-order valence-electron chi connectivity index (χ0n) is 11.4. The predicted molar refractivity (Wildman–Crippen MR) is 68.6 cm³/mol. The van der Waals surface area contributed by atoms with Crippen LogP contribution in [0, 0.1) is 5.92 Å². The van der Waals surface area contributed by atoms with Crippen LogP contribution in [0.15, 0.2) is 0 Å². The molecule has 1 atom stereocenters. The Labute approximate surface area is 109 Å². The van der Waals surface area contributed by atoms with Crippen LogP contribution in [-0.4, -0.2) is 19.3 Å². The average molecular weight is 265 g/mol. The maximum atomic E-state index is 12.2. The number of halogens is 3. The van der Waals surface area contributed by atoms with Crippen LogP contribution in [-0.2, 0) is 0 Å². The van der Waals surface area contributed by atoms with E-state index in [1.165, 1.54) is 44.9 Å². The van der Waals surface area contributed by atoms with Gasteiger partial charge in [0.15, 0.2) is 0 Å². The van der Waals surface area contributed by atoms with E-state index in [1.54, 1.807) is 0 Å². The zero-order chi connectivity index (χ0) is 13.4. The maximum Gasteiger partial charge on any atom is 0.389 e. The van der Waals surface area contributed by atoms with Crippen molar-refractivity contribution in [3.8, 4) is 0 Å². The lowest BCUT2D eigenvalue weighted by Gasteiger charge is -2.28. The molecular formula is C14H26F3N. The number of rotatable bonds is 5. The van der Waals surface area contributed by atoms with Crippen molar-refractivity contribution in [1.82, 2.24) is 5.32 Å². The van der Waals surface area contributed by atoms with Crippen molar-refractivity contribution in [2.24, 2.45) is 5.92 Å². The molecule has 0 saturated heterocycles. The second-order valence-electron chi connectivity index (χ2n) is 5.51. The van der Waals surface area contributed by atoms with E-state index in [0.29, 0.717) is 12.3 Å². The first kappa shape index (κ1) is 15.8. The molecule has 1 aliphatic rings. The molecule has 1 nitrogen and oxygen atoms in total. The Morgan fingerprint density at radius 3 is 2.11 bits per heavy atom. The van der Waals surface area contributed by atoms with Crippen LogP contribution in [0.3, 0.4) is 0 Å². The quantitative estimate of drug-likeness (QED) is 0.762. The van der Waals surface area contributed by atoms with Crippen LogP contribution >= 0.6 is 0 Å². The minimum Gasteiger partial charge on any atom is -0.317 e. The zero-order valence-corrected chi connectivity index (χ0v) is 11.4. The van der Waals surface area contributed by atoms with E-state index in [4.69, 9.17) is 0 Å². The molecule has 1 unspecified atom stereocenters. The molecule has 4 heteroatoms. The molecule has 0 spiro atoms. The van der Waals surface area contributed by atoms with Crippen molar-refractivity contribution in [1.29, 1.82) is 0 Å². The molecule has 0 amide bonds. The van der Waals surface area contributed by atoms with Crippen molar-refractivity contribution < 1.29 is 13.2 Å². The third-order valence-corrected chi connectivity index (χ3v) is 4.07. The van der Waals surface area contributed by atoms with E-state index < -0.39 is 12.6 Å². The van der Waals surface area contributed by atoms with Crippen molar-refractivity contribution in [3.63, 3.8) is 0 Å². The molecule has 18 heavy (non-hydrogen) atoms. The molecule has 0 aromatic rings. The van der Waals surface area contributed by atoms with Gasteiger partial charge in [0.2, 0.25) is 0 Å². The smallest absolute Gasteiger partial charge is 0.317 e.